The second kappa shape index (κ2) is 12.5. The van der Waals surface area contributed by atoms with Crippen molar-refractivity contribution in [3.63, 3.8) is 0 Å². The van der Waals surface area contributed by atoms with Gasteiger partial charge in [-0.2, -0.15) is 0 Å². The van der Waals surface area contributed by atoms with Gasteiger partial charge in [0, 0.05) is 28.6 Å². The first kappa shape index (κ1) is 28.6. The highest BCUT2D eigenvalue weighted by molar-refractivity contribution is 6.36. The van der Waals surface area contributed by atoms with Crippen LogP contribution >= 0.6 is 23.2 Å². The predicted octanol–water partition coefficient (Wildman–Crippen LogP) is 3.63. The molecule has 2 heterocycles. The third-order valence-corrected chi connectivity index (χ3v) is 7.48. The third kappa shape index (κ3) is 6.66. The van der Waals surface area contributed by atoms with Gasteiger partial charge in [0.15, 0.2) is 0 Å². The van der Waals surface area contributed by atoms with Crippen LogP contribution in [0.5, 0.6) is 0 Å². The first-order chi connectivity index (χ1) is 17.6. The lowest BCUT2D eigenvalue weighted by molar-refractivity contribution is -0.134. The maximum Gasteiger partial charge on any atom is 0.290 e. The summed E-state index contributed by atoms with van der Waals surface area (Å²) in [6.45, 7) is 1.46. The van der Waals surface area contributed by atoms with Crippen LogP contribution in [0.3, 0.4) is 0 Å². The smallest absolute Gasteiger partial charge is 0.290 e. The molecule has 11 heteroatoms. The van der Waals surface area contributed by atoms with E-state index in [1.165, 1.54) is 12.1 Å². The molecule has 2 fully saturated rings. The number of nitrogens with one attached hydrogen (secondary N) is 2. The van der Waals surface area contributed by atoms with E-state index in [1.807, 2.05) is 7.05 Å². The summed E-state index contributed by atoms with van der Waals surface area (Å²) in [7, 11) is 2.01. The number of rotatable bonds is 5. The average molecular weight is 552 g/mol. The van der Waals surface area contributed by atoms with Gasteiger partial charge >= 0.3 is 0 Å². The number of carbonyl (C=O) groups excluding carboxylic acids is 3. The lowest BCUT2D eigenvalue weighted by Gasteiger charge is -2.40. The summed E-state index contributed by atoms with van der Waals surface area (Å²) in [6, 6.07) is 9.51. The standard InChI is InChI=1S/C25H26Cl2FN3O3.CH2O2/c1-31-10-8-25(9-11-31,16-2-4-17(28)5-3-16)24(34)29-14-15-12-19(26)22(20(27)13-15)18-6-7-21(32)30-23(18)33;2-1-3/h2-5,12-13,18H,6-11,14H2,1H3,(H,29,34)(H,30,32,33);1H,(H,2,3). The van der Waals surface area contributed by atoms with Crippen molar-refractivity contribution in [3.8, 4) is 0 Å². The van der Waals surface area contributed by atoms with Gasteiger partial charge in [-0.15, -0.1) is 0 Å². The molecule has 3 N–H and O–H groups in total. The Morgan fingerprint density at radius 1 is 1.19 bits per heavy atom. The minimum atomic E-state index is -0.750. The summed E-state index contributed by atoms with van der Waals surface area (Å²) in [5.74, 6) is -1.79. The van der Waals surface area contributed by atoms with Crippen LogP contribution in [0.2, 0.25) is 10.0 Å². The van der Waals surface area contributed by atoms with E-state index in [4.69, 9.17) is 33.1 Å². The van der Waals surface area contributed by atoms with Crippen LogP contribution in [0.4, 0.5) is 4.39 Å². The Kier molecular flexibility index (Phi) is 9.64. The van der Waals surface area contributed by atoms with Crippen molar-refractivity contribution in [3.05, 3.63) is 69.0 Å². The highest BCUT2D eigenvalue weighted by Gasteiger charge is 2.42. The van der Waals surface area contributed by atoms with Gasteiger partial charge in [-0.3, -0.25) is 24.5 Å². The number of piperidine rings is 2. The Hall–Kier alpha value is -3.01. The molecule has 0 aromatic heterocycles. The molecular formula is C26H28Cl2FN3O5. The van der Waals surface area contributed by atoms with Crippen LogP contribution in [0.25, 0.3) is 0 Å². The highest BCUT2D eigenvalue weighted by atomic mass is 35.5. The topological polar surface area (TPSA) is 116 Å². The Morgan fingerprint density at radius 2 is 1.76 bits per heavy atom. The van der Waals surface area contributed by atoms with E-state index >= 15 is 0 Å². The fraction of sp³-hybridized carbons (Fsp3) is 0.385. The number of benzene rings is 2. The van der Waals surface area contributed by atoms with Crippen molar-refractivity contribution in [2.45, 2.75) is 43.6 Å². The van der Waals surface area contributed by atoms with Crippen LogP contribution in [0, 0.1) is 5.82 Å². The molecule has 37 heavy (non-hydrogen) atoms. The molecule has 1 atom stereocenters. The van der Waals surface area contributed by atoms with E-state index in [9.17, 15) is 18.8 Å². The SMILES string of the molecule is CN1CCC(C(=O)NCc2cc(Cl)c(C3CCC(=O)NC3=O)c(Cl)c2)(c2ccc(F)cc2)CC1.O=CO. The molecule has 1 unspecified atom stereocenters. The second-order valence-electron chi connectivity index (χ2n) is 9.16. The van der Waals surface area contributed by atoms with Gasteiger partial charge < -0.3 is 15.3 Å². The van der Waals surface area contributed by atoms with Crippen molar-refractivity contribution >= 4 is 47.4 Å². The molecule has 0 radical (unpaired) electrons. The number of imide groups is 1. The molecule has 2 saturated heterocycles. The van der Waals surface area contributed by atoms with Crippen LogP contribution in [0.15, 0.2) is 36.4 Å². The normalized spacial score (nSPS) is 19.3. The molecule has 2 aliphatic heterocycles. The largest absolute Gasteiger partial charge is 0.483 e. The lowest BCUT2D eigenvalue weighted by atomic mass is 9.72. The molecule has 0 saturated carbocycles. The molecule has 198 valence electrons. The first-order valence-electron chi connectivity index (χ1n) is 11.7. The van der Waals surface area contributed by atoms with Gasteiger partial charge in [0.05, 0.1) is 11.3 Å². The van der Waals surface area contributed by atoms with Gasteiger partial charge in [-0.1, -0.05) is 35.3 Å². The molecule has 0 bridgehead atoms. The number of halogens is 3. The summed E-state index contributed by atoms with van der Waals surface area (Å²) < 4.78 is 13.5. The van der Waals surface area contributed by atoms with E-state index < -0.39 is 17.2 Å². The number of nitrogens with zero attached hydrogens (tertiary/aromatic N) is 1. The molecule has 2 aromatic carbocycles. The van der Waals surface area contributed by atoms with Crippen LogP contribution in [-0.4, -0.2) is 54.3 Å². The second-order valence-corrected chi connectivity index (χ2v) is 9.97. The quantitative estimate of drug-likeness (QED) is 0.386. The van der Waals surface area contributed by atoms with E-state index in [2.05, 4.69) is 15.5 Å². The van der Waals surface area contributed by atoms with E-state index in [-0.39, 0.29) is 37.1 Å². The van der Waals surface area contributed by atoms with Crippen LogP contribution in [-0.2, 0) is 31.1 Å². The number of hydrogen-bond acceptors (Lipinski definition) is 5. The number of carbonyl (C=O) groups is 4. The molecule has 8 nitrogen and oxygen atoms in total. The summed E-state index contributed by atoms with van der Waals surface area (Å²) in [6.07, 6.45) is 1.81. The van der Waals surface area contributed by atoms with Crippen molar-refractivity contribution in [1.29, 1.82) is 0 Å². The fourth-order valence-corrected chi connectivity index (χ4v) is 5.60. The zero-order valence-electron chi connectivity index (χ0n) is 20.2. The molecule has 4 rings (SSSR count). The summed E-state index contributed by atoms with van der Waals surface area (Å²) in [4.78, 5) is 47.7. The zero-order valence-corrected chi connectivity index (χ0v) is 21.7. The molecular weight excluding hydrogens is 524 g/mol. The van der Waals surface area contributed by atoms with Gasteiger partial charge in [-0.25, -0.2) is 4.39 Å². The minimum absolute atomic E-state index is 0.131. The summed E-state index contributed by atoms with van der Waals surface area (Å²) >= 11 is 13.0. The van der Waals surface area contributed by atoms with Gasteiger partial charge in [0.25, 0.3) is 6.47 Å². The van der Waals surface area contributed by atoms with Crippen molar-refractivity contribution in [2.24, 2.45) is 0 Å². The Morgan fingerprint density at radius 3 is 2.30 bits per heavy atom. The third-order valence-electron chi connectivity index (χ3n) is 6.85. The Labute approximate surface area is 224 Å². The van der Waals surface area contributed by atoms with Crippen molar-refractivity contribution < 1.29 is 28.7 Å². The lowest BCUT2D eigenvalue weighted by Crippen LogP contribution is -2.50. The van der Waals surface area contributed by atoms with E-state index in [0.29, 0.717) is 40.4 Å². The fourth-order valence-electron chi connectivity index (χ4n) is 4.81. The van der Waals surface area contributed by atoms with Gasteiger partial charge in [-0.05, 0) is 74.8 Å². The van der Waals surface area contributed by atoms with Gasteiger partial charge in [0.2, 0.25) is 17.7 Å². The summed E-state index contributed by atoms with van der Waals surface area (Å²) in [5.41, 5.74) is 1.23. The minimum Gasteiger partial charge on any atom is -0.483 e. The van der Waals surface area contributed by atoms with Crippen LogP contribution in [0.1, 0.15) is 48.3 Å². The number of hydrogen-bond donors (Lipinski definition) is 3. The molecule has 0 aliphatic carbocycles. The molecule has 2 aromatic rings. The maximum absolute atomic E-state index is 13.5. The average Bonchev–Trinajstić information content (AvgIpc) is 2.85. The summed E-state index contributed by atoms with van der Waals surface area (Å²) in [5, 5.41) is 12.9. The number of likely N-dealkylation sites (tertiary alicyclic amines) is 1. The maximum atomic E-state index is 13.5. The van der Waals surface area contributed by atoms with Crippen LogP contribution < -0.4 is 10.6 Å². The number of amides is 3. The molecule has 2 aliphatic rings. The van der Waals surface area contributed by atoms with Crippen molar-refractivity contribution in [1.82, 2.24) is 15.5 Å². The van der Waals surface area contributed by atoms with Gasteiger partial charge in [0.1, 0.15) is 5.82 Å². The van der Waals surface area contributed by atoms with E-state index in [0.717, 1.165) is 18.7 Å². The highest BCUT2D eigenvalue weighted by Crippen LogP contribution is 2.38. The Balaban J connectivity index is 0.00000121. The monoisotopic (exact) mass is 551 g/mol. The first-order valence-corrected chi connectivity index (χ1v) is 12.5. The predicted molar refractivity (Wildman–Crippen MR) is 137 cm³/mol. The van der Waals surface area contributed by atoms with E-state index in [1.54, 1.807) is 24.3 Å². The number of carboxylic acid groups (broad SMARTS) is 1. The molecule has 0 spiro atoms. The Bertz CT molecular complexity index is 1140. The zero-order chi connectivity index (χ0) is 27.2. The molecule has 3 amide bonds. The van der Waals surface area contributed by atoms with Crippen molar-refractivity contribution in [2.75, 3.05) is 20.1 Å².